The number of hydrogen-bond donors (Lipinski definition) is 0. The van der Waals surface area contributed by atoms with Gasteiger partial charge in [0.25, 0.3) is 0 Å². The molecule has 0 spiro atoms. The highest BCUT2D eigenvalue weighted by Gasteiger charge is 2.06. The molecule has 0 saturated heterocycles. The van der Waals surface area contributed by atoms with E-state index in [1.54, 1.807) is 0 Å². The topological polar surface area (TPSA) is 16.1 Å². The molecular formula is C10H14BrClN2. The molecule has 1 unspecified atom stereocenters. The number of aromatic nitrogens is 1. The van der Waals surface area contributed by atoms with Gasteiger partial charge in [-0.3, -0.25) is 0 Å². The molecule has 0 aromatic carbocycles. The van der Waals surface area contributed by atoms with Gasteiger partial charge in [0.2, 0.25) is 0 Å². The zero-order valence-corrected chi connectivity index (χ0v) is 10.9. The highest BCUT2D eigenvalue weighted by Crippen LogP contribution is 2.18. The minimum atomic E-state index is 0.130. The number of rotatable bonds is 3. The Kier molecular flexibility index (Phi) is 4.20. The third kappa shape index (κ3) is 3.14. The van der Waals surface area contributed by atoms with Crippen molar-refractivity contribution in [1.29, 1.82) is 0 Å². The van der Waals surface area contributed by atoms with Crippen molar-refractivity contribution in [2.24, 2.45) is 0 Å². The lowest BCUT2D eigenvalue weighted by atomic mass is 10.3. The molecule has 0 fully saturated rings. The van der Waals surface area contributed by atoms with Crippen LogP contribution in [0.4, 0.5) is 5.82 Å². The zero-order valence-electron chi connectivity index (χ0n) is 8.59. The summed E-state index contributed by atoms with van der Waals surface area (Å²) in [7, 11) is 1.99. The summed E-state index contributed by atoms with van der Waals surface area (Å²) in [4.78, 5) is 6.50. The predicted octanol–water partition coefficient (Wildman–Crippen LogP) is 3.22. The van der Waals surface area contributed by atoms with Crippen molar-refractivity contribution < 1.29 is 0 Å². The number of alkyl halides is 1. The van der Waals surface area contributed by atoms with Gasteiger partial charge in [0, 0.05) is 23.4 Å². The SMILES string of the molecule is Cc1nc(N(C)CC(C)Cl)ccc1Br. The first-order valence-electron chi connectivity index (χ1n) is 4.49. The van der Waals surface area contributed by atoms with E-state index < -0.39 is 0 Å². The van der Waals surface area contributed by atoms with Crippen LogP contribution in [0.15, 0.2) is 16.6 Å². The number of anilines is 1. The van der Waals surface area contributed by atoms with Gasteiger partial charge >= 0.3 is 0 Å². The Hall–Kier alpha value is -0.280. The molecule has 78 valence electrons. The Bertz CT molecular complexity index is 315. The second-order valence-electron chi connectivity index (χ2n) is 3.40. The molecular weight excluding hydrogens is 263 g/mol. The summed E-state index contributed by atoms with van der Waals surface area (Å²) < 4.78 is 1.04. The molecule has 1 aromatic heterocycles. The Balaban J connectivity index is 2.80. The molecule has 1 aromatic rings. The van der Waals surface area contributed by atoms with Gasteiger partial charge in [0.05, 0.1) is 5.69 Å². The molecule has 0 bridgehead atoms. The molecule has 14 heavy (non-hydrogen) atoms. The summed E-state index contributed by atoms with van der Waals surface area (Å²) in [5, 5.41) is 0.130. The van der Waals surface area contributed by atoms with Crippen LogP contribution in [-0.4, -0.2) is 24.0 Å². The van der Waals surface area contributed by atoms with E-state index in [4.69, 9.17) is 11.6 Å². The fourth-order valence-corrected chi connectivity index (χ4v) is 1.64. The predicted molar refractivity (Wildman–Crippen MR) is 65.3 cm³/mol. The molecule has 0 saturated carbocycles. The molecule has 2 nitrogen and oxygen atoms in total. The molecule has 0 aliphatic rings. The maximum Gasteiger partial charge on any atom is 0.128 e. The van der Waals surface area contributed by atoms with Crippen molar-refractivity contribution in [2.75, 3.05) is 18.5 Å². The van der Waals surface area contributed by atoms with Crippen molar-refractivity contribution in [3.8, 4) is 0 Å². The van der Waals surface area contributed by atoms with Crippen molar-refractivity contribution >= 4 is 33.3 Å². The third-order valence-electron chi connectivity index (χ3n) is 1.92. The van der Waals surface area contributed by atoms with Crippen molar-refractivity contribution in [1.82, 2.24) is 4.98 Å². The van der Waals surface area contributed by atoms with Gasteiger partial charge in [0.15, 0.2) is 0 Å². The van der Waals surface area contributed by atoms with Crippen molar-refractivity contribution in [2.45, 2.75) is 19.2 Å². The number of nitrogens with zero attached hydrogens (tertiary/aromatic N) is 2. The van der Waals surface area contributed by atoms with E-state index in [0.717, 1.165) is 22.5 Å². The van der Waals surface area contributed by atoms with Crippen LogP contribution in [0.2, 0.25) is 0 Å². The number of aryl methyl sites for hydroxylation is 1. The lowest BCUT2D eigenvalue weighted by Crippen LogP contribution is -2.25. The third-order valence-corrected chi connectivity index (χ3v) is 2.90. The van der Waals surface area contributed by atoms with E-state index in [0.29, 0.717) is 0 Å². The lowest BCUT2D eigenvalue weighted by molar-refractivity contribution is 0.841. The molecule has 1 atom stereocenters. The molecule has 0 aliphatic carbocycles. The van der Waals surface area contributed by atoms with Crippen LogP contribution in [0.1, 0.15) is 12.6 Å². The standard InChI is InChI=1S/C10H14BrClN2/c1-7(12)6-14(3)10-5-4-9(11)8(2)13-10/h4-5,7H,6H2,1-3H3. The molecule has 0 radical (unpaired) electrons. The average Bonchev–Trinajstić information content (AvgIpc) is 2.08. The van der Waals surface area contributed by atoms with E-state index >= 15 is 0 Å². The number of halogens is 2. The van der Waals surface area contributed by atoms with Crippen LogP contribution < -0.4 is 4.90 Å². The fourth-order valence-electron chi connectivity index (χ4n) is 1.21. The van der Waals surface area contributed by atoms with Gasteiger partial charge < -0.3 is 4.90 Å². The summed E-state index contributed by atoms with van der Waals surface area (Å²) in [5.74, 6) is 0.957. The summed E-state index contributed by atoms with van der Waals surface area (Å²) in [6, 6.07) is 3.99. The summed E-state index contributed by atoms with van der Waals surface area (Å²) in [6.07, 6.45) is 0. The maximum atomic E-state index is 5.91. The van der Waals surface area contributed by atoms with E-state index in [9.17, 15) is 0 Å². The minimum Gasteiger partial charge on any atom is -0.358 e. The second kappa shape index (κ2) is 4.99. The summed E-state index contributed by atoms with van der Waals surface area (Å²) >= 11 is 9.34. The Morgan fingerprint density at radius 1 is 1.57 bits per heavy atom. The number of pyridine rings is 1. The monoisotopic (exact) mass is 276 g/mol. The van der Waals surface area contributed by atoms with Crippen LogP contribution in [0.25, 0.3) is 0 Å². The Morgan fingerprint density at radius 2 is 2.21 bits per heavy atom. The van der Waals surface area contributed by atoms with Gasteiger partial charge in [-0.05, 0) is 41.9 Å². The van der Waals surface area contributed by atoms with Crippen LogP contribution in [0, 0.1) is 6.92 Å². The first-order valence-corrected chi connectivity index (χ1v) is 5.72. The average molecular weight is 278 g/mol. The quantitative estimate of drug-likeness (QED) is 0.789. The van der Waals surface area contributed by atoms with Crippen LogP contribution in [0.5, 0.6) is 0 Å². The lowest BCUT2D eigenvalue weighted by Gasteiger charge is -2.19. The molecule has 0 aliphatic heterocycles. The minimum absolute atomic E-state index is 0.130. The van der Waals surface area contributed by atoms with E-state index in [2.05, 4.69) is 25.8 Å². The van der Waals surface area contributed by atoms with Gasteiger partial charge in [-0.15, -0.1) is 11.6 Å². The van der Waals surface area contributed by atoms with Crippen LogP contribution in [-0.2, 0) is 0 Å². The smallest absolute Gasteiger partial charge is 0.128 e. The molecule has 0 amide bonds. The normalized spacial score (nSPS) is 12.6. The van der Waals surface area contributed by atoms with Gasteiger partial charge in [-0.2, -0.15) is 0 Å². The highest BCUT2D eigenvalue weighted by atomic mass is 79.9. The highest BCUT2D eigenvalue weighted by molar-refractivity contribution is 9.10. The first kappa shape index (κ1) is 11.8. The van der Waals surface area contributed by atoms with Crippen molar-refractivity contribution in [3.05, 3.63) is 22.3 Å². The van der Waals surface area contributed by atoms with E-state index in [1.165, 1.54) is 0 Å². The fraction of sp³-hybridized carbons (Fsp3) is 0.500. The van der Waals surface area contributed by atoms with Gasteiger partial charge in [-0.25, -0.2) is 4.98 Å². The summed E-state index contributed by atoms with van der Waals surface area (Å²) in [6.45, 7) is 4.75. The zero-order chi connectivity index (χ0) is 10.7. The Morgan fingerprint density at radius 3 is 2.71 bits per heavy atom. The largest absolute Gasteiger partial charge is 0.358 e. The van der Waals surface area contributed by atoms with Crippen LogP contribution in [0.3, 0.4) is 0 Å². The van der Waals surface area contributed by atoms with E-state index in [-0.39, 0.29) is 5.38 Å². The summed E-state index contributed by atoms with van der Waals surface area (Å²) in [5.41, 5.74) is 0.997. The second-order valence-corrected chi connectivity index (χ2v) is 5.00. The molecule has 4 heteroatoms. The maximum absolute atomic E-state index is 5.91. The van der Waals surface area contributed by atoms with Gasteiger partial charge in [-0.1, -0.05) is 0 Å². The van der Waals surface area contributed by atoms with Crippen LogP contribution >= 0.6 is 27.5 Å². The first-order chi connectivity index (χ1) is 6.50. The molecule has 0 N–H and O–H groups in total. The van der Waals surface area contributed by atoms with Crippen molar-refractivity contribution in [3.63, 3.8) is 0 Å². The molecule has 1 heterocycles. The van der Waals surface area contributed by atoms with E-state index in [1.807, 2.05) is 33.0 Å². The van der Waals surface area contributed by atoms with Gasteiger partial charge in [0.1, 0.15) is 5.82 Å². The number of hydrogen-bond acceptors (Lipinski definition) is 2. The Labute approximate surface area is 98.4 Å². The molecule has 1 rings (SSSR count).